The molecule has 21 heavy (non-hydrogen) atoms. The number of ether oxygens (including phenoxy) is 1. The maximum absolute atomic E-state index is 5.26. The normalized spacial score (nSPS) is 12.3. The van der Waals surface area contributed by atoms with E-state index in [4.69, 9.17) is 4.74 Å². The van der Waals surface area contributed by atoms with Crippen LogP contribution in [0.15, 0.2) is 48.5 Å². The molecule has 4 heteroatoms. The monoisotopic (exact) mass is 298 g/mol. The van der Waals surface area contributed by atoms with Crippen LogP contribution in [0.5, 0.6) is 5.75 Å². The topological polar surface area (TPSA) is 34.2 Å². The van der Waals surface area contributed by atoms with Crippen LogP contribution in [0, 0.1) is 0 Å². The third-order valence-corrected chi connectivity index (χ3v) is 4.45. The molecule has 0 spiro atoms. The highest BCUT2D eigenvalue weighted by atomic mass is 32.1. The highest BCUT2D eigenvalue weighted by Crippen LogP contribution is 2.31. The predicted octanol–water partition coefficient (Wildman–Crippen LogP) is 4.87. The van der Waals surface area contributed by atoms with E-state index < -0.39 is 0 Å². The van der Waals surface area contributed by atoms with E-state index in [2.05, 4.69) is 41.5 Å². The van der Waals surface area contributed by atoms with Gasteiger partial charge in [0.2, 0.25) is 0 Å². The molecular weight excluding hydrogens is 280 g/mol. The first-order valence-electron chi connectivity index (χ1n) is 7.06. The molecule has 0 saturated heterocycles. The highest BCUT2D eigenvalue weighted by Gasteiger charge is 2.12. The Morgan fingerprint density at radius 1 is 1.19 bits per heavy atom. The number of methoxy groups -OCH3 is 1. The Bertz CT molecular complexity index is 724. The lowest BCUT2D eigenvalue weighted by Crippen LogP contribution is -2.09. The third kappa shape index (κ3) is 3.00. The van der Waals surface area contributed by atoms with Gasteiger partial charge in [-0.05, 0) is 30.2 Å². The number of aromatic nitrogens is 1. The van der Waals surface area contributed by atoms with Crippen LogP contribution < -0.4 is 10.1 Å². The number of nitrogens with zero attached hydrogens (tertiary/aromatic N) is 1. The van der Waals surface area contributed by atoms with Crippen LogP contribution in [0.4, 0.5) is 5.13 Å². The number of hydrogen-bond donors (Lipinski definition) is 1. The van der Waals surface area contributed by atoms with E-state index in [-0.39, 0.29) is 6.04 Å². The number of fused-ring (bicyclic) bond motifs is 1. The molecule has 0 amide bonds. The van der Waals surface area contributed by atoms with Crippen molar-refractivity contribution in [3.8, 4) is 5.75 Å². The molecule has 0 saturated carbocycles. The Labute approximate surface area is 128 Å². The van der Waals surface area contributed by atoms with Gasteiger partial charge in [0.05, 0.1) is 23.4 Å². The fourth-order valence-corrected chi connectivity index (χ4v) is 3.30. The summed E-state index contributed by atoms with van der Waals surface area (Å²) in [7, 11) is 1.68. The second-order valence-corrected chi connectivity index (χ2v) is 5.90. The van der Waals surface area contributed by atoms with Gasteiger partial charge >= 0.3 is 0 Å². The summed E-state index contributed by atoms with van der Waals surface area (Å²) in [5.74, 6) is 0.868. The third-order valence-electron chi connectivity index (χ3n) is 3.50. The average Bonchev–Trinajstić information content (AvgIpc) is 2.94. The number of anilines is 1. The Hall–Kier alpha value is -2.07. The van der Waals surface area contributed by atoms with Crippen LogP contribution in [0.3, 0.4) is 0 Å². The molecule has 0 aliphatic carbocycles. The molecule has 0 radical (unpaired) electrons. The second-order valence-electron chi connectivity index (χ2n) is 4.87. The molecule has 0 bridgehead atoms. The Kier molecular flexibility index (Phi) is 4.06. The first-order valence-corrected chi connectivity index (χ1v) is 7.88. The van der Waals surface area contributed by atoms with E-state index in [9.17, 15) is 0 Å². The summed E-state index contributed by atoms with van der Waals surface area (Å²) in [5.41, 5.74) is 2.29. The standard InChI is InChI=1S/C17H18N2OS/c1-3-14(12-7-5-4-6-8-12)18-17-19-15-10-9-13(20-2)11-16(15)21-17/h4-11,14H,3H2,1-2H3,(H,18,19). The van der Waals surface area contributed by atoms with Crippen molar-refractivity contribution in [1.82, 2.24) is 4.98 Å². The van der Waals surface area contributed by atoms with E-state index >= 15 is 0 Å². The fourth-order valence-electron chi connectivity index (χ4n) is 2.35. The quantitative estimate of drug-likeness (QED) is 0.730. The van der Waals surface area contributed by atoms with E-state index in [1.807, 2.05) is 24.3 Å². The van der Waals surface area contributed by atoms with Gasteiger partial charge in [-0.15, -0.1) is 0 Å². The first kappa shape index (κ1) is 13.9. The maximum Gasteiger partial charge on any atom is 0.184 e. The van der Waals surface area contributed by atoms with Gasteiger partial charge in [-0.25, -0.2) is 4.98 Å². The van der Waals surface area contributed by atoms with Crippen LogP contribution in [-0.2, 0) is 0 Å². The van der Waals surface area contributed by atoms with Crippen molar-refractivity contribution in [1.29, 1.82) is 0 Å². The fraction of sp³-hybridized carbons (Fsp3) is 0.235. The molecule has 3 nitrogen and oxygen atoms in total. The van der Waals surface area contributed by atoms with Crippen LogP contribution in [0.25, 0.3) is 10.2 Å². The van der Waals surface area contributed by atoms with Gasteiger partial charge in [0, 0.05) is 0 Å². The molecular formula is C17H18N2OS. The van der Waals surface area contributed by atoms with Crippen molar-refractivity contribution in [2.45, 2.75) is 19.4 Å². The lowest BCUT2D eigenvalue weighted by Gasteiger charge is -2.16. The molecule has 1 unspecified atom stereocenters. The SMILES string of the molecule is CCC(Nc1nc2ccc(OC)cc2s1)c1ccccc1. The molecule has 0 aliphatic heterocycles. The molecule has 3 aromatic rings. The van der Waals surface area contributed by atoms with Crippen molar-refractivity contribution < 1.29 is 4.74 Å². The van der Waals surface area contributed by atoms with Crippen LogP contribution in [-0.4, -0.2) is 12.1 Å². The van der Waals surface area contributed by atoms with Gasteiger partial charge in [0.25, 0.3) is 0 Å². The molecule has 3 rings (SSSR count). The van der Waals surface area contributed by atoms with Crippen molar-refractivity contribution in [2.24, 2.45) is 0 Å². The smallest absolute Gasteiger partial charge is 0.184 e. The van der Waals surface area contributed by atoms with Gasteiger partial charge in [0.1, 0.15) is 5.75 Å². The number of benzene rings is 2. The Balaban J connectivity index is 1.86. The van der Waals surface area contributed by atoms with Crippen LogP contribution >= 0.6 is 11.3 Å². The summed E-state index contributed by atoms with van der Waals surface area (Å²) >= 11 is 1.66. The zero-order chi connectivity index (χ0) is 14.7. The summed E-state index contributed by atoms with van der Waals surface area (Å²) in [6.07, 6.45) is 1.02. The number of thiazole rings is 1. The molecule has 1 aromatic heterocycles. The van der Waals surface area contributed by atoms with Gasteiger partial charge < -0.3 is 10.1 Å². The molecule has 0 fully saturated rings. The summed E-state index contributed by atoms with van der Waals surface area (Å²) in [5, 5.41) is 4.49. The number of nitrogens with one attached hydrogen (secondary N) is 1. The van der Waals surface area contributed by atoms with Gasteiger partial charge in [-0.1, -0.05) is 48.6 Å². The first-order chi connectivity index (χ1) is 10.3. The van der Waals surface area contributed by atoms with Crippen LogP contribution in [0.1, 0.15) is 24.9 Å². The number of hydrogen-bond acceptors (Lipinski definition) is 4. The lowest BCUT2D eigenvalue weighted by atomic mass is 10.1. The molecule has 108 valence electrons. The largest absolute Gasteiger partial charge is 0.497 e. The summed E-state index contributed by atoms with van der Waals surface area (Å²) in [6, 6.07) is 16.7. The van der Waals surface area contributed by atoms with E-state index in [0.717, 1.165) is 27.5 Å². The van der Waals surface area contributed by atoms with E-state index in [1.54, 1.807) is 18.4 Å². The molecule has 1 atom stereocenters. The van der Waals surface area contributed by atoms with E-state index in [0.29, 0.717) is 0 Å². The van der Waals surface area contributed by atoms with Crippen molar-refractivity contribution >= 4 is 26.7 Å². The zero-order valence-electron chi connectivity index (χ0n) is 12.2. The Morgan fingerprint density at radius 2 is 2.00 bits per heavy atom. The van der Waals surface area contributed by atoms with Crippen molar-refractivity contribution in [3.05, 3.63) is 54.1 Å². The van der Waals surface area contributed by atoms with Gasteiger partial charge in [0.15, 0.2) is 5.13 Å². The minimum absolute atomic E-state index is 0.286. The average molecular weight is 298 g/mol. The minimum atomic E-state index is 0.286. The summed E-state index contributed by atoms with van der Waals surface area (Å²) < 4.78 is 6.40. The minimum Gasteiger partial charge on any atom is -0.497 e. The Morgan fingerprint density at radius 3 is 2.71 bits per heavy atom. The van der Waals surface area contributed by atoms with Crippen molar-refractivity contribution in [2.75, 3.05) is 12.4 Å². The van der Waals surface area contributed by atoms with Gasteiger partial charge in [-0.2, -0.15) is 0 Å². The lowest BCUT2D eigenvalue weighted by molar-refractivity contribution is 0.415. The zero-order valence-corrected chi connectivity index (χ0v) is 13.0. The molecule has 1 N–H and O–H groups in total. The van der Waals surface area contributed by atoms with Crippen LogP contribution in [0.2, 0.25) is 0 Å². The molecule has 1 heterocycles. The highest BCUT2D eigenvalue weighted by molar-refractivity contribution is 7.22. The second kappa shape index (κ2) is 6.14. The van der Waals surface area contributed by atoms with Crippen molar-refractivity contribution in [3.63, 3.8) is 0 Å². The summed E-state index contributed by atoms with van der Waals surface area (Å²) in [4.78, 5) is 4.65. The number of rotatable bonds is 5. The summed E-state index contributed by atoms with van der Waals surface area (Å²) in [6.45, 7) is 2.18. The van der Waals surface area contributed by atoms with Gasteiger partial charge in [-0.3, -0.25) is 0 Å². The maximum atomic E-state index is 5.26. The van der Waals surface area contributed by atoms with E-state index in [1.165, 1.54) is 5.56 Å². The predicted molar refractivity (Wildman–Crippen MR) is 89.3 cm³/mol. The molecule has 2 aromatic carbocycles. The molecule has 0 aliphatic rings.